The van der Waals surface area contributed by atoms with E-state index in [1.165, 1.54) is 19.2 Å². The van der Waals surface area contributed by atoms with Crippen molar-refractivity contribution in [3.05, 3.63) is 72.3 Å². The summed E-state index contributed by atoms with van der Waals surface area (Å²) in [6.07, 6.45) is 1.77. The number of carbonyl (C=O) groups is 1. The number of benzene rings is 2. The predicted molar refractivity (Wildman–Crippen MR) is 105 cm³/mol. The number of rotatable bonds is 9. The maximum atomic E-state index is 12.8. The first-order chi connectivity index (χ1) is 12.9. The molecule has 0 aliphatic rings. The summed E-state index contributed by atoms with van der Waals surface area (Å²) in [4.78, 5) is 12.6. The first-order valence-electron chi connectivity index (χ1n) is 8.47. The maximum absolute atomic E-state index is 12.8. The van der Waals surface area contributed by atoms with Crippen molar-refractivity contribution >= 4 is 15.9 Å². The van der Waals surface area contributed by atoms with Crippen LogP contribution in [-0.4, -0.2) is 34.0 Å². The zero-order valence-corrected chi connectivity index (χ0v) is 16.3. The number of sulfonamides is 1. The summed E-state index contributed by atoms with van der Waals surface area (Å²) in [6, 6.07) is 12.9. The zero-order chi connectivity index (χ0) is 19.9. The molecule has 7 heteroatoms. The van der Waals surface area contributed by atoms with Gasteiger partial charge in [0, 0.05) is 6.54 Å². The lowest BCUT2D eigenvalue weighted by atomic mass is 10.1. The van der Waals surface area contributed by atoms with Crippen molar-refractivity contribution in [1.82, 2.24) is 10.0 Å². The zero-order valence-electron chi connectivity index (χ0n) is 15.4. The Morgan fingerprint density at radius 3 is 2.52 bits per heavy atom. The molecule has 0 heterocycles. The van der Waals surface area contributed by atoms with Gasteiger partial charge in [0.05, 0.1) is 12.0 Å². The van der Waals surface area contributed by atoms with Gasteiger partial charge in [-0.25, -0.2) is 8.42 Å². The summed E-state index contributed by atoms with van der Waals surface area (Å²) in [5, 5.41) is 2.65. The van der Waals surface area contributed by atoms with Crippen molar-refractivity contribution in [2.75, 3.05) is 13.7 Å². The molecule has 1 amide bonds. The minimum Gasteiger partial charge on any atom is -0.496 e. The van der Waals surface area contributed by atoms with Gasteiger partial charge in [-0.1, -0.05) is 36.4 Å². The molecule has 1 atom stereocenters. The number of carbonyl (C=O) groups excluding carboxylic acids is 1. The molecule has 0 spiro atoms. The molecule has 2 rings (SSSR count). The van der Waals surface area contributed by atoms with Crippen LogP contribution in [0.3, 0.4) is 0 Å². The van der Waals surface area contributed by atoms with Crippen LogP contribution in [0.5, 0.6) is 5.75 Å². The van der Waals surface area contributed by atoms with Crippen LogP contribution < -0.4 is 14.8 Å². The van der Waals surface area contributed by atoms with Gasteiger partial charge in [0.15, 0.2) is 0 Å². The van der Waals surface area contributed by atoms with Gasteiger partial charge in [0.1, 0.15) is 11.8 Å². The second-order valence-corrected chi connectivity index (χ2v) is 7.74. The lowest BCUT2D eigenvalue weighted by Crippen LogP contribution is -2.48. The van der Waals surface area contributed by atoms with Gasteiger partial charge in [-0.15, -0.1) is 6.58 Å². The molecule has 0 saturated carbocycles. The standard InChI is InChI=1S/C20H24N2O4S/c1-4-12-21-20(23)18(14-16-8-6-5-7-9-16)22-27(24,25)17-10-11-19(26-3)15(2)13-17/h4-11,13,18,22H,1,12,14H2,2-3H3,(H,21,23)/t18-/m0/s1. The quantitative estimate of drug-likeness (QED) is 0.645. The van der Waals surface area contributed by atoms with Crippen LogP contribution in [0.25, 0.3) is 0 Å². The number of nitrogens with one attached hydrogen (secondary N) is 2. The Labute approximate surface area is 160 Å². The second-order valence-electron chi connectivity index (χ2n) is 6.03. The van der Waals surface area contributed by atoms with E-state index >= 15 is 0 Å². The highest BCUT2D eigenvalue weighted by atomic mass is 32.2. The third-order valence-electron chi connectivity index (χ3n) is 3.99. The molecule has 0 aliphatic heterocycles. The van der Waals surface area contributed by atoms with Crippen molar-refractivity contribution in [1.29, 1.82) is 0 Å². The minimum absolute atomic E-state index is 0.0791. The third kappa shape index (κ3) is 5.67. The van der Waals surface area contributed by atoms with Gasteiger partial charge in [0.2, 0.25) is 15.9 Å². The summed E-state index contributed by atoms with van der Waals surface area (Å²) >= 11 is 0. The number of methoxy groups -OCH3 is 1. The second kappa shape index (κ2) is 9.34. The molecule has 0 aromatic heterocycles. The smallest absolute Gasteiger partial charge is 0.241 e. The Kier molecular flexibility index (Phi) is 7.15. The van der Waals surface area contributed by atoms with Crippen LogP contribution in [0.1, 0.15) is 11.1 Å². The highest BCUT2D eigenvalue weighted by Gasteiger charge is 2.26. The van der Waals surface area contributed by atoms with Crippen molar-refractivity contribution in [2.45, 2.75) is 24.3 Å². The summed E-state index contributed by atoms with van der Waals surface area (Å²) < 4.78 is 33.3. The fourth-order valence-electron chi connectivity index (χ4n) is 2.61. The highest BCUT2D eigenvalue weighted by molar-refractivity contribution is 7.89. The molecule has 2 aromatic carbocycles. The predicted octanol–water partition coefficient (Wildman–Crippen LogP) is 2.20. The first-order valence-corrected chi connectivity index (χ1v) is 9.95. The number of amides is 1. The van der Waals surface area contributed by atoms with E-state index in [1.54, 1.807) is 19.1 Å². The van der Waals surface area contributed by atoms with Gasteiger partial charge in [-0.05, 0) is 42.7 Å². The van der Waals surface area contributed by atoms with E-state index in [0.29, 0.717) is 11.3 Å². The van der Waals surface area contributed by atoms with E-state index in [4.69, 9.17) is 4.74 Å². The van der Waals surface area contributed by atoms with Gasteiger partial charge in [-0.2, -0.15) is 4.72 Å². The van der Waals surface area contributed by atoms with Gasteiger partial charge < -0.3 is 10.1 Å². The molecular weight excluding hydrogens is 364 g/mol. The third-order valence-corrected chi connectivity index (χ3v) is 5.46. The average molecular weight is 388 g/mol. The monoisotopic (exact) mass is 388 g/mol. The molecule has 0 unspecified atom stereocenters. The van der Waals surface area contributed by atoms with Crippen LogP contribution >= 0.6 is 0 Å². The molecule has 2 N–H and O–H groups in total. The SMILES string of the molecule is C=CCNC(=O)[C@H](Cc1ccccc1)NS(=O)(=O)c1ccc(OC)c(C)c1. The minimum atomic E-state index is -3.89. The molecule has 6 nitrogen and oxygen atoms in total. The van der Waals surface area contributed by atoms with Crippen LogP contribution in [0, 0.1) is 6.92 Å². The first kappa shape index (κ1) is 20.7. The average Bonchev–Trinajstić information content (AvgIpc) is 2.66. The van der Waals surface area contributed by atoms with Crippen LogP contribution in [0.2, 0.25) is 0 Å². The topological polar surface area (TPSA) is 84.5 Å². The molecule has 0 saturated heterocycles. The number of aryl methyl sites for hydroxylation is 1. The van der Waals surface area contributed by atoms with Crippen molar-refractivity contribution < 1.29 is 17.9 Å². The lowest BCUT2D eigenvalue weighted by Gasteiger charge is -2.19. The largest absolute Gasteiger partial charge is 0.496 e. The number of hydrogen-bond donors (Lipinski definition) is 2. The molecular formula is C20H24N2O4S. The van der Waals surface area contributed by atoms with E-state index in [-0.39, 0.29) is 17.9 Å². The summed E-state index contributed by atoms with van der Waals surface area (Å²) in [6.45, 7) is 5.58. The van der Waals surface area contributed by atoms with E-state index in [2.05, 4.69) is 16.6 Å². The molecule has 0 bridgehead atoms. The van der Waals surface area contributed by atoms with E-state index in [1.807, 2.05) is 30.3 Å². The van der Waals surface area contributed by atoms with Gasteiger partial charge in [0.25, 0.3) is 0 Å². The van der Waals surface area contributed by atoms with Gasteiger partial charge in [-0.3, -0.25) is 4.79 Å². The lowest BCUT2D eigenvalue weighted by molar-refractivity contribution is -0.122. The van der Waals surface area contributed by atoms with E-state index < -0.39 is 22.0 Å². The van der Waals surface area contributed by atoms with Gasteiger partial charge >= 0.3 is 0 Å². The highest BCUT2D eigenvalue weighted by Crippen LogP contribution is 2.21. The summed E-state index contributed by atoms with van der Waals surface area (Å²) in [5.41, 5.74) is 1.54. The normalized spacial score (nSPS) is 12.2. The Hall–Kier alpha value is -2.64. The molecule has 2 aromatic rings. The summed E-state index contributed by atoms with van der Waals surface area (Å²) in [5.74, 6) is 0.186. The Bertz CT molecular complexity index is 895. The fourth-order valence-corrected chi connectivity index (χ4v) is 3.89. The van der Waals surface area contributed by atoms with Crippen molar-refractivity contribution in [2.24, 2.45) is 0 Å². The molecule has 27 heavy (non-hydrogen) atoms. The number of hydrogen-bond acceptors (Lipinski definition) is 4. The Morgan fingerprint density at radius 1 is 1.22 bits per heavy atom. The van der Waals surface area contributed by atoms with E-state index in [0.717, 1.165) is 5.56 Å². The van der Waals surface area contributed by atoms with Crippen molar-refractivity contribution in [3.8, 4) is 5.75 Å². The van der Waals surface area contributed by atoms with Crippen LogP contribution in [0.15, 0.2) is 66.1 Å². The Balaban J connectivity index is 2.27. The summed E-state index contributed by atoms with van der Waals surface area (Å²) in [7, 11) is -2.37. The fraction of sp³-hybridized carbons (Fsp3) is 0.250. The number of ether oxygens (including phenoxy) is 1. The molecule has 144 valence electrons. The van der Waals surface area contributed by atoms with Crippen LogP contribution in [0.4, 0.5) is 0 Å². The van der Waals surface area contributed by atoms with Crippen molar-refractivity contribution in [3.63, 3.8) is 0 Å². The molecule has 0 radical (unpaired) electrons. The maximum Gasteiger partial charge on any atom is 0.241 e. The Morgan fingerprint density at radius 2 is 1.93 bits per heavy atom. The van der Waals surface area contributed by atoms with Crippen LogP contribution in [-0.2, 0) is 21.2 Å². The molecule has 0 aliphatic carbocycles. The molecule has 0 fully saturated rings. The van der Waals surface area contributed by atoms with E-state index in [9.17, 15) is 13.2 Å².